The molecule has 1 unspecified atom stereocenters. The van der Waals surface area contributed by atoms with Crippen LogP contribution in [0.25, 0.3) is 0 Å². The quantitative estimate of drug-likeness (QED) is 0.656. The Kier molecular flexibility index (Phi) is 2.78. The number of tetrazole rings is 1. The van der Waals surface area contributed by atoms with Crippen LogP contribution in [0, 0.1) is 0 Å². The van der Waals surface area contributed by atoms with Crippen LogP contribution in [0.15, 0.2) is 0 Å². The molecule has 0 aliphatic heterocycles. The number of carboxylic acid groups (broad SMARTS) is 1. The first kappa shape index (κ1) is 9.43. The number of anilines is 1. The average Bonchev–Trinajstić information content (AvgIpc) is 2.34. The Morgan fingerprint density at radius 3 is 2.92 bits per heavy atom. The fraction of sp³-hybridized carbons (Fsp3) is 0.667. The lowest BCUT2D eigenvalue weighted by Gasteiger charge is -2.09. The van der Waals surface area contributed by atoms with Crippen LogP contribution in [-0.2, 0) is 11.8 Å². The van der Waals surface area contributed by atoms with Gasteiger partial charge in [0.1, 0.15) is 0 Å². The molecular weight excluding hydrogens is 174 g/mol. The van der Waals surface area contributed by atoms with Crippen LogP contribution in [0.4, 0.5) is 5.95 Å². The predicted octanol–water partition coefficient (Wildman–Crippen LogP) is -0.515. The standard InChI is InChI=1S/C6H11N5O2/c1-4(3-5(12)13)7-6-8-9-10-11(6)2/h4H,3H2,1-2H3,(H,12,13)(H,7,8,10). The molecule has 0 spiro atoms. The molecule has 0 radical (unpaired) electrons. The smallest absolute Gasteiger partial charge is 0.305 e. The van der Waals surface area contributed by atoms with Crippen LogP contribution >= 0.6 is 0 Å². The molecule has 1 rings (SSSR count). The number of carbonyl (C=O) groups is 1. The average molecular weight is 185 g/mol. The van der Waals surface area contributed by atoms with Crippen molar-refractivity contribution in [2.75, 3.05) is 5.32 Å². The number of aliphatic carboxylic acids is 1. The number of rotatable bonds is 4. The highest BCUT2D eigenvalue weighted by atomic mass is 16.4. The molecule has 1 aromatic heterocycles. The number of hydrogen-bond donors (Lipinski definition) is 2. The monoisotopic (exact) mass is 185 g/mol. The maximum absolute atomic E-state index is 10.3. The summed E-state index contributed by atoms with van der Waals surface area (Å²) in [5, 5.41) is 22.0. The summed E-state index contributed by atoms with van der Waals surface area (Å²) >= 11 is 0. The molecule has 1 heterocycles. The van der Waals surface area contributed by atoms with E-state index in [0.717, 1.165) is 0 Å². The van der Waals surface area contributed by atoms with E-state index in [0.29, 0.717) is 5.95 Å². The van der Waals surface area contributed by atoms with Crippen LogP contribution in [0.2, 0.25) is 0 Å². The summed E-state index contributed by atoms with van der Waals surface area (Å²) in [7, 11) is 1.68. The molecular formula is C6H11N5O2. The molecule has 7 nitrogen and oxygen atoms in total. The molecule has 7 heteroatoms. The van der Waals surface area contributed by atoms with Crippen molar-refractivity contribution >= 4 is 11.9 Å². The van der Waals surface area contributed by atoms with E-state index < -0.39 is 5.97 Å². The number of aryl methyl sites for hydroxylation is 1. The topological polar surface area (TPSA) is 92.9 Å². The molecule has 0 saturated heterocycles. The molecule has 0 fully saturated rings. The molecule has 2 N–H and O–H groups in total. The van der Waals surface area contributed by atoms with Crippen molar-refractivity contribution in [3.63, 3.8) is 0 Å². The van der Waals surface area contributed by atoms with Gasteiger partial charge in [0, 0.05) is 13.1 Å². The van der Waals surface area contributed by atoms with E-state index in [1.807, 2.05) is 0 Å². The Balaban J connectivity index is 2.49. The first-order chi connectivity index (χ1) is 6.09. The molecule has 0 bridgehead atoms. The van der Waals surface area contributed by atoms with Crippen LogP contribution in [0.1, 0.15) is 13.3 Å². The highest BCUT2D eigenvalue weighted by Gasteiger charge is 2.09. The summed E-state index contributed by atoms with van der Waals surface area (Å²) in [6.45, 7) is 1.75. The lowest BCUT2D eigenvalue weighted by Crippen LogP contribution is -2.21. The molecule has 1 atom stereocenters. The van der Waals surface area contributed by atoms with Crippen LogP contribution < -0.4 is 5.32 Å². The van der Waals surface area contributed by atoms with Gasteiger partial charge in [0.05, 0.1) is 6.42 Å². The summed E-state index contributed by atoms with van der Waals surface area (Å²) in [5.74, 6) is -0.385. The maximum atomic E-state index is 10.3. The molecule has 72 valence electrons. The predicted molar refractivity (Wildman–Crippen MR) is 44.1 cm³/mol. The number of nitrogens with one attached hydrogen (secondary N) is 1. The lowest BCUT2D eigenvalue weighted by molar-refractivity contribution is -0.137. The zero-order valence-corrected chi connectivity index (χ0v) is 7.43. The minimum absolute atomic E-state index is 0.0346. The van der Waals surface area contributed by atoms with Crippen LogP contribution in [0.3, 0.4) is 0 Å². The van der Waals surface area contributed by atoms with Gasteiger partial charge in [-0.3, -0.25) is 4.79 Å². The van der Waals surface area contributed by atoms with E-state index in [-0.39, 0.29) is 12.5 Å². The number of nitrogens with zero attached hydrogens (tertiary/aromatic N) is 4. The van der Waals surface area contributed by atoms with Crippen molar-refractivity contribution in [1.29, 1.82) is 0 Å². The third-order valence-corrected chi connectivity index (χ3v) is 1.48. The number of aromatic nitrogens is 4. The zero-order chi connectivity index (χ0) is 9.84. The van der Waals surface area contributed by atoms with Crippen molar-refractivity contribution in [2.24, 2.45) is 7.05 Å². The molecule has 0 aromatic carbocycles. The first-order valence-electron chi connectivity index (χ1n) is 3.80. The summed E-state index contributed by atoms with van der Waals surface area (Å²) < 4.78 is 1.44. The van der Waals surface area contributed by atoms with Gasteiger partial charge in [0.15, 0.2) is 0 Å². The molecule has 0 aliphatic carbocycles. The van der Waals surface area contributed by atoms with Gasteiger partial charge in [-0.15, -0.1) is 0 Å². The zero-order valence-electron chi connectivity index (χ0n) is 7.43. The Labute approximate surface area is 74.7 Å². The van der Waals surface area contributed by atoms with Crippen molar-refractivity contribution in [1.82, 2.24) is 20.2 Å². The Bertz CT molecular complexity index is 297. The van der Waals surface area contributed by atoms with Gasteiger partial charge in [-0.2, -0.15) is 0 Å². The summed E-state index contributed by atoms with van der Waals surface area (Å²) in [6.07, 6.45) is 0.0346. The minimum Gasteiger partial charge on any atom is -0.481 e. The van der Waals surface area contributed by atoms with Crippen molar-refractivity contribution in [3.05, 3.63) is 0 Å². The Morgan fingerprint density at radius 1 is 1.77 bits per heavy atom. The second-order valence-electron chi connectivity index (χ2n) is 2.77. The number of hydrogen-bond acceptors (Lipinski definition) is 5. The van der Waals surface area contributed by atoms with Gasteiger partial charge in [0.2, 0.25) is 5.95 Å². The van der Waals surface area contributed by atoms with Crippen molar-refractivity contribution in [3.8, 4) is 0 Å². The fourth-order valence-electron chi connectivity index (χ4n) is 0.885. The molecule has 13 heavy (non-hydrogen) atoms. The highest BCUT2D eigenvalue weighted by molar-refractivity contribution is 5.67. The van der Waals surface area contributed by atoms with Crippen LogP contribution in [0.5, 0.6) is 0 Å². The summed E-state index contributed by atoms with van der Waals surface area (Å²) in [6, 6.07) is -0.192. The Hall–Kier alpha value is -1.66. The van der Waals surface area contributed by atoms with E-state index in [4.69, 9.17) is 5.11 Å². The first-order valence-corrected chi connectivity index (χ1v) is 3.80. The SMILES string of the molecule is CC(CC(=O)O)Nc1nnnn1C. The molecule has 0 amide bonds. The minimum atomic E-state index is -0.852. The van der Waals surface area contributed by atoms with Gasteiger partial charge in [-0.05, 0) is 17.4 Å². The van der Waals surface area contributed by atoms with E-state index in [9.17, 15) is 4.79 Å². The highest BCUT2D eigenvalue weighted by Crippen LogP contribution is 2.01. The maximum Gasteiger partial charge on any atom is 0.305 e. The second-order valence-corrected chi connectivity index (χ2v) is 2.77. The van der Waals surface area contributed by atoms with Gasteiger partial charge in [-0.25, -0.2) is 4.68 Å². The van der Waals surface area contributed by atoms with Gasteiger partial charge in [0.25, 0.3) is 0 Å². The number of carboxylic acids is 1. The van der Waals surface area contributed by atoms with Gasteiger partial charge in [-0.1, -0.05) is 5.10 Å². The molecule has 1 aromatic rings. The summed E-state index contributed by atoms with van der Waals surface area (Å²) in [5.41, 5.74) is 0. The Morgan fingerprint density at radius 2 is 2.46 bits per heavy atom. The summed E-state index contributed by atoms with van der Waals surface area (Å²) in [4.78, 5) is 10.3. The van der Waals surface area contributed by atoms with E-state index in [2.05, 4.69) is 20.8 Å². The third-order valence-electron chi connectivity index (χ3n) is 1.48. The second kappa shape index (κ2) is 3.83. The lowest BCUT2D eigenvalue weighted by atomic mass is 10.2. The normalized spacial score (nSPS) is 12.5. The third kappa shape index (κ3) is 2.69. The largest absolute Gasteiger partial charge is 0.481 e. The van der Waals surface area contributed by atoms with Gasteiger partial charge >= 0.3 is 5.97 Å². The van der Waals surface area contributed by atoms with E-state index in [1.165, 1.54) is 4.68 Å². The van der Waals surface area contributed by atoms with Crippen LogP contribution in [-0.4, -0.2) is 37.3 Å². The van der Waals surface area contributed by atoms with E-state index >= 15 is 0 Å². The van der Waals surface area contributed by atoms with Crippen molar-refractivity contribution < 1.29 is 9.90 Å². The van der Waals surface area contributed by atoms with E-state index in [1.54, 1.807) is 14.0 Å². The van der Waals surface area contributed by atoms with Gasteiger partial charge < -0.3 is 10.4 Å². The van der Waals surface area contributed by atoms with Crippen molar-refractivity contribution in [2.45, 2.75) is 19.4 Å². The fourth-order valence-corrected chi connectivity index (χ4v) is 0.885. The molecule has 0 aliphatic rings. The molecule has 0 saturated carbocycles.